The Morgan fingerprint density at radius 1 is 1.69 bits per heavy atom. The maximum atomic E-state index is 11.1. The monoisotopic (exact) mass is 238 g/mol. The van der Waals surface area contributed by atoms with Crippen LogP contribution in [0.2, 0.25) is 0 Å². The number of rotatable bonds is 2. The van der Waals surface area contributed by atoms with E-state index < -0.39 is 5.97 Å². The second kappa shape index (κ2) is 4.74. The summed E-state index contributed by atoms with van der Waals surface area (Å²) in [6, 6.07) is 1.92. The lowest BCUT2D eigenvalue weighted by Gasteiger charge is -2.35. The minimum atomic E-state index is -0.886. The molecule has 0 aromatic carbocycles. The van der Waals surface area contributed by atoms with E-state index in [9.17, 15) is 4.79 Å². The van der Waals surface area contributed by atoms with E-state index >= 15 is 0 Å². The van der Waals surface area contributed by atoms with E-state index in [1.807, 2.05) is 11.8 Å². The molecule has 1 aromatic rings. The van der Waals surface area contributed by atoms with Crippen LogP contribution in [-0.4, -0.2) is 40.2 Å². The summed E-state index contributed by atoms with van der Waals surface area (Å²) in [4.78, 5) is 17.3. The van der Waals surface area contributed by atoms with Gasteiger partial charge in [0.15, 0.2) is 0 Å². The van der Waals surface area contributed by atoms with Gasteiger partial charge in [0.1, 0.15) is 0 Å². The molecule has 1 aliphatic rings. The summed E-state index contributed by atoms with van der Waals surface area (Å²) in [6.07, 6.45) is 3.17. The Morgan fingerprint density at radius 2 is 2.50 bits per heavy atom. The Labute approximate surface area is 98.7 Å². The molecule has 1 atom stereocenters. The van der Waals surface area contributed by atoms with Crippen molar-refractivity contribution >= 4 is 23.4 Å². The van der Waals surface area contributed by atoms with Crippen molar-refractivity contribution in [3.63, 3.8) is 0 Å². The van der Waals surface area contributed by atoms with Crippen LogP contribution in [-0.2, 0) is 0 Å². The van der Waals surface area contributed by atoms with Crippen LogP contribution in [0.15, 0.2) is 18.5 Å². The molecule has 5 heteroatoms. The van der Waals surface area contributed by atoms with E-state index in [2.05, 4.69) is 16.8 Å². The van der Waals surface area contributed by atoms with Gasteiger partial charge in [0.05, 0.1) is 17.4 Å². The Bertz CT molecular complexity index is 397. The maximum Gasteiger partial charge on any atom is 0.337 e. The lowest BCUT2D eigenvalue weighted by molar-refractivity contribution is 0.0697. The second-order valence-corrected chi connectivity index (χ2v) is 4.97. The summed E-state index contributed by atoms with van der Waals surface area (Å²) in [5.41, 5.74) is 1.08. The summed E-state index contributed by atoms with van der Waals surface area (Å²) in [5, 5.41) is 9.12. The van der Waals surface area contributed by atoms with Crippen molar-refractivity contribution in [2.75, 3.05) is 23.0 Å². The molecule has 1 unspecified atom stereocenters. The predicted octanol–water partition coefficient (Wildman–Crippen LogP) is 1.72. The predicted molar refractivity (Wildman–Crippen MR) is 65.3 cm³/mol. The lowest BCUT2D eigenvalue weighted by Crippen LogP contribution is -2.41. The minimum Gasteiger partial charge on any atom is -0.478 e. The van der Waals surface area contributed by atoms with Crippen LogP contribution in [0, 0.1) is 0 Å². The molecule has 0 aliphatic carbocycles. The van der Waals surface area contributed by atoms with E-state index in [0.29, 0.717) is 11.6 Å². The van der Waals surface area contributed by atoms with E-state index in [-0.39, 0.29) is 0 Å². The summed E-state index contributed by atoms with van der Waals surface area (Å²) in [6.45, 7) is 3.00. The van der Waals surface area contributed by atoms with Crippen molar-refractivity contribution in [3.8, 4) is 0 Å². The van der Waals surface area contributed by atoms with Crippen molar-refractivity contribution in [2.24, 2.45) is 0 Å². The van der Waals surface area contributed by atoms with Gasteiger partial charge in [-0.05, 0) is 13.0 Å². The molecule has 0 amide bonds. The molecule has 0 spiro atoms. The van der Waals surface area contributed by atoms with Crippen molar-refractivity contribution < 1.29 is 9.90 Å². The first-order valence-electron chi connectivity index (χ1n) is 5.22. The van der Waals surface area contributed by atoms with Crippen molar-refractivity contribution in [1.82, 2.24) is 4.98 Å². The van der Waals surface area contributed by atoms with E-state index in [1.54, 1.807) is 12.3 Å². The molecular weight excluding hydrogens is 224 g/mol. The van der Waals surface area contributed by atoms with Crippen LogP contribution in [0.1, 0.15) is 17.3 Å². The number of aromatic carboxylic acids is 1. The van der Waals surface area contributed by atoms with Gasteiger partial charge in [-0.15, -0.1) is 0 Å². The fourth-order valence-corrected chi connectivity index (χ4v) is 2.89. The van der Waals surface area contributed by atoms with Crippen molar-refractivity contribution in [2.45, 2.75) is 13.0 Å². The lowest BCUT2D eigenvalue weighted by atomic mass is 10.2. The Hall–Kier alpha value is -1.23. The van der Waals surface area contributed by atoms with E-state index in [1.165, 1.54) is 6.20 Å². The van der Waals surface area contributed by atoms with Gasteiger partial charge in [-0.25, -0.2) is 4.79 Å². The standard InChI is InChI=1S/C11H14N2O2S/c1-8-7-16-5-4-13(8)10-6-12-3-2-9(10)11(14)15/h2-3,6,8H,4-5,7H2,1H3,(H,14,15). The SMILES string of the molecule is CC1CSCCN1c1cnccc1C(=O)O. The third-order valence-electron chi connectivity index (χ3n) is 2.71. The molecule has 2 heterocycles. The van der Waals surface area contributed by atoms with Gasteiger partial charge in [-0.2, -0.15) is 11.8 Å². The number of thioether (sulfide) groups is 1. The smallest absolute Gasteiger partial charge is 0.337 e. The summed E-state index contributed by atoms with van der Waals surface area (Å²) >= 11 is 1.91. The second-order valence-electron chi connectivity index (χ2n) is 3.82. The van der Waals surface area contributed by atoms with Crippen molar-refractivity contribution in [3.05, 3.63) is 24.0 Å². The normalized spacial score (nSPS) is 20.8. The average molecular weight is 238 g/mol. The zero-order valence-electron chi connectivity index (χ0n) is 9.09. The first-order chi connectivity index (χ1) is 7.70. The van der Waals surface area contributed by atoms with Gasteiger partial charge in [0.2, 0.25) is 0 Å². The van der Waals surface area contributed by atoms with Crippen LogP contribution in [0.3, 0.4) is 0 Å². The molecule has 1 aliphatic heterocycles. The average Bonchev–Trinajstić information content (AvgIpc) is 2.29. The molecule has 0 radical (unpaired) electrons. The fraction of sp³-hybridized carbons (Fsp3) is 0.455. The molecule has 1 N–H and O–H groups in total. The molecule has 1 fully saturated rings. The summed E-state index contributed by atoms with van der Waals surface area (Å²) in [7, 11) is 0. The number of hydrogen-bond acceptors (Lipinski definition) is 4. The molecule has 1 saturated heterocycles. The van der Waals surface area contributed by atoms with E-state index in [0.717, 1.165) is 23.7 Å². The highest BCUT2D eigenvalue weighted by atomic mass is 32.2. The minimum absolute atomic E-state index is 0.341. The molecule has 2 rings (SSSR count). The number of nitrogens with zero attached hydrogens (tertiary/aromatic N) is 2. The highest BCUT2D eigenvalue weighted by Crippen LogP contribution is 2.26. The largest absolute Gasteiger partial charge is 0.478 e. The van der Waals surface area contributed by atoms with Crippen LogP contribution >= 0.6 is 11.8 Å². The molecule has 86 valence electrons. The summed E-state index contributed by atoms with van der Waals surface area (Å²) < 4.78 is 0. The molecule has 4 nitrogen and oxygen atoms in total. The Kier molecular flexibility index (Phi) is 3.33. The van der Waals surface area contributed by atoms with Crippen LogP contribution < -0.4 is 4.90 Å². The Balaban J connectivity index is 2.34. The first kappa shape index (κ1) is 11.3. The number of hydrogen-bond donors (Lipinski definition) is 1. The number of carboxylic acids is 1. The number of carbonyl (C=O) groups is 1. The molecule has 16 heavy (non-hydrogen) atoms. The van der Waals surface area contributed by atoms with Gasteiger partial charge in [0.25, 0.3) is 0 Å². The van der Waals surface area contributed by atoms with Gasteiger partial charge in [0, 0.05) is 30.3 Å². The van der Waals surface area contributed by atoms with Gasteiger partial charge in [-0.3, -0.25) is 4.98 Å². The zero-order chi connectivity index (χ0) is 11.5. The molecule has 0 bridgehead atoms. The number of pyridine rings is 1. The quantitative estimate of drug-likeness (QED) is 0.850. The fourth-order valence-electron chi connectivity index (χ4n) is 1.88. The zero-order valence-corrected chi connectivity index (χ0v) is 9.91. The van der Waals surface area contributed by atoms with Gasteiger partial charge in [-0.1, -0.05) is 0 Å². The molecular formula is C11H14N2O2S. The highest BCUT2D eigenvalue weighted by Gasteiger charge is 2.23. The van der Waals surface area contributed by atoms with E-state index in [4.69, 9.17) is 5.11 Å². The van der Waals surface area contributed by atoms with Crippen LogP contribution in [0.5, 0.6) is 0 Å². The highest BCUT2D eigenvalue weighted by molar-refractivity contribution is 7.99. The summed E-state index contributed by atoms with van der Waals surface area (Å²) in [5.74, 6) is 1.19. The van der Waals surface area contributed by atoms with Crippen LogP contribution in [0.25, 0.3) is 0 Å². The third kappa shape index (κ3) is 2.14. The Morgan fingerprint density at radius 3 is 3.19 bits per heavy atom. The third-order valence-corrected chi connectivity index (χ3v) is 3.90. The topological polar surface area (TPSA) is 53.4 Å². The van der Waals surface area contributed by atoms with Gasteiger partial charge < -0.3 is 10.0 Å². The molecule has 0 saturated carbocycles. The van der Waals surface area contributed by atoms with Gasteiger partial charge >= 0.3 is 5.97 Å². The number of aromatic nitrogens is 1. The maximum absolute atomic E-state index is 11.1. The molecule has 1 aromatic heterocycles. The number of anilines is 1. The first-order valence-corrected chi connectivity index (χ1v) is 6.37. The number of carboxylic acid groups (broad SMARTS) is 1. The van der Waals surface area contributed by atoms with Crippen LogP contribution in [0.4, 0.5) is 5.69 Å². The van der Waals surface area contributed by atoms with Crippen molar-refractivity contribution in [1.29, 1.82) is 0 Å².